The monoisotopic (exact) mass is 470 g/mol. The SMILES string of the molecule is Cc1ccc(C(=O)Nc2nc3c(s2)c(C(=O)N2CCN(CCO)CC2)nn3C(C)(C)C)cc1. The van der Waals surface area contributed by atoms with Crippen molar-refractivity contribution in [2.45, 2.75) is 33.2 Å². The lowest BCUT2D eigenvalue weighted by Crippen LogP contribution is -2.49. The number of benzene rings is 1. The standard InChI is InChI=1S/C23H30N6O3S/c1-15-5-7-16(8-6-15)20(31)25-22-24-19-18(33-22)17(26-29(19)23(2,3)4)21(32)28-11-9-27(10-12-28)13-14-30/h5-8,30H,9-14H2,1-4H3,(H,24,25,31). The number of anilines is 1. The molecular formula is C23H30N6O3S. The first-order valence-corrected chi connectivity index (χ1v) is 11.9. The Labute approximate surface area is 197 Å². The number of hydrogen-bond acceptors (Lipinski definition) is 7. The third-order valence-corrected chi connectivity index (χ3v) is 6.64. The third-order valence-electron chi connectivity index (χ3n) is 5.67. The van der Waals surface area contributed by atoms with Crippen LogP contribution in [0.5, 0.6) is 0 Å². The number of rotatable bonds is 5. The van der Waals surface area contributed by atoms with Gasteiger partial charge in [0.1, 0.15) is 4.70 Å². The molecule has 3 aromatic rings. The van der Waals surface area contributed by atoms with Crippen molar-refractivity contribution in [3.8, 4) is 0 Å². The molecule has 0 aliphatic carbocycles. The highest BCUT2D eigenvalue weighted by atomic mass is 32.1. The van der Waals surface area contributed by atoms with E-state index < -0.39 is 0 Å². The molecule has 3 heterocycles. The van der Waals surface area contributed by atoms with Crippen molar-refractivity contribution in [1.82, 2.24) is 24.6 Å². The number of carbonyl (C=O) groups excluding carboxylic acids is 2. The average Bonchev–Trinajstić information content (AvgIpc) is 3.32. The van der Waals surface area contributed by atoms with Crippen LogP contribution in [0.1, 0.15) is 47.2 Å². The summed E-state index contributed by atoms with van der Waals surface area (Å²) < 4.78 is 2.43. The van der Waals surface area contributed by atoms with Crippen molar-refractivity contribution in [2.24, 2.45) is 0 Å². The maximum atomic E-state index is 13.4. The number of β-amino-alcohol motifs (C(OH)–C–C–N with tert-alkyl or cyclic N) is 1. The van der Waals surface area contributed by atoms with Crippen molar-refractivity contribution >= 4 is 38.6 Å². The topological polar surface area (TPSA) is 104 Å². The summed E-state index contributed by atoms with van der Waals surface area (Å²) in [6.45, 7) is 11.3. The van der Waals surface area contributed by atoms with Gasteiger partial charge in [0.05, 0.1) is 12.1 Å². The Balaban J connectivity index is 1.62. The number of aryl methyl sites for hydroxylation is 1. The molecule has 1 aromatic carbocycles. The molecular weight excluding hydrogens is 440 g/mol. The molecule has 33 heavy (non-hydrogen) atoms. The highest BCUT2D eigenvalue weighted by Gasteiger charge is 2.31. The van der Waals surface area contributed by atoms with E-state index in [2.05, 4.69) is 20.3 Å². The molecule has 1 aliphatic rings. The fourth-order valence-electron chi connectivity index (χ4n) is 3.80. The van der Waals surface area contributed by atoms with Gasteiger partial charge in [-0.15, -0.1) is 0 Å². The third kappa shape index (κ3) is 4.92. The van der Waals surface area contributed by atoms with E-state index in [0.29, 0.717) is 46.4 Å². The lowest BCUT2D eigenvalue weighted by Gasteiger charge is -2.34. The van der Waals surface area contributed by atoms with Crippen LogP contribution in [0.4, 0.5) is 5.13 Å². The lowest BCUT2D eigenvalue weighted by atomic mass is 10.1. The zero-order valence-corrected chi connectivity index (χ0v) is 20.3. The molecule has 0 spiro atoms. The van der Waals surface area contributed by atoms with Crippen molar-refractivity contribution in [2.75, 3.05) is 44.6 Å². The van der Waals surface area contributed by atoms with E-state index in [1.165, 1.54) is 11.3 Å². The van der Waals surface area contributed by atoms with Crippen LogP contribution in [0.2, 0.25) is 0 Å². The minimum absolute atomic E-state index is 0.114. The van der Waals surface area contributed by atoms with Crippen LogP contribution in [-0.4, -0.2) is 80.8 Å². The second kappa shape index (κ2) is 9.20. The summed E-state index contributed by atoms with van der Waals surface area (Å²) in [4.78, 5) is 34.6. The number of hydrogen-bond donors (Lipinski definition) is 2. The molecule has 2 N–H and O–H groups in total. The molecule has 1 saturated heterocycles. The van der Waals surface area contributed by atoms with Crippen molar-refractivity contribution < 1.29 is 14.7 Å². The number of carbonyl (C=O) groups is 2. The van der Waals surface area contributed by atoms with Crippen LogP contribution in [0, 0.1) is 6.92 Å². The van der Waals surface area contributed by atoms with E-state index >= 15 is 0 Å². The van der Waals surface area contributed by atoms with Gasteiger partial charge in [0.2, 0.25) is 0 Å². The zero-order chi connectivity index (χ0) is 23.8. The lowest BCUT2D eigenvalue weighted by molar-refractivity contribution is 0.0609. The molecule has 10 heteroatoms. The number of fused-ring (bicyclic) bond motifs is 1. The van der Waals surface area contributed by atoms with Gasteiger partial charge in [-0.2, -0.15) is 10.1 Å². The summed E-state index contributed by atoms with van der Waals surface area (Å²) in [5.41, 5.74) is 2.20. The summed E-state index contributed by atoms with van der Waals surface area (Å²) in [6.07, 6.45) is 0. The first-order chi connectivity index (χ1) is 15.7. The normalized spacial score (nSPS) is 15.2. The van der Waals surface area contributed by atoms with Gasteiger partial charge in [-0.05, 0) is 39.8 Å². The van der Waals surface area contributed by atoms with Crippen LogP contribution in [0.25, 0.3) is 10.3 Å². The second-order valence-electron chi connectivity index (χ2n) is 9.28. The molecule has 0 unspecified atom stereocenters. The smallest absolute Gasteiger partial charge is 0.276 e. The van der Waals surface area contributed by atoms with Crippen molar-refractivity contribution in [3.63, 3.8) is 0 Å². The highest BCUT2D eigenvalue weighted by Crippen LogP contribution is 2.33. The summed E-state index contributed by atoms with van der Waals surface area (Å²) in [6, 6.07) is 7.34. The van der Waals surface area contributed by atoms with Gasteiger partial charge in [-0.3, -0.25) is 19.8 Å². The number of nitrogens with zero attached hydrogens (tertiary/aromatic N) is 5. The fraction of sp³-hybridized carbons (Fsp3) is 0.478. The van der Waals surface area contributed by atoms with Crippen molar-refractivity contribution in [3.05, 3.63) is 41.1 Å². The van der Waals surface area contributed by atoms with E-state index in [4.69, 9.17) is 5.11 Å². The minimum Gasteiger partial charge on any atom is -0.395 e. The molecule has 0 bridgehead atoms. The summed E-state index contributed by atoms with van der Waals surface area (Å²) >= 11 is 1.27. The maximum Gasteiger partial charge on any atom is 0.276 e. The van der Waals surface area contributed by atoms with E-state index in [-0.39, 0.29) is 24.0 Å². The first kappa shape index (κ1) is 23.3. The predicted molar refractivity (Wildman–Crippen MR) is 129 cm³/mol. The van der Waals surface area contributed by atoms with Crippen LogP contribution in [0.15, 0.2) is 24.3 Å². The summed E-state index contributed by atoms with van der Waals surface area (Å²) in [5, 5.41) is 17.1. The molecule has 0 atom stereocenters. The predicted octanol–water partition coefficient (Wildman–Crippen LogP) is 2.56. The quantitative estimate of drug-likeness (QED) is 0.594. The van der Waals surface area contributed by atoms with Gasteiger partial charge < -0.3 is 10.0 Å². The molecule has 9 nitrogen and oxygen atoms in total. The number of aliphatic hydroxyl groups is 1. The second-order valence-corrected chi connectivity index (χ2v) is 10.3. The summed E-state index contributed by atoms with van der Waals surface area (Å²) in [5.74, 6) is -0.374. The molecule has 1 aliphatic heterocycles. The Kier molecular flexibility index (Phi) is 6.51. The maximum absolute atomic E-state index is 13.4. The first-order valence-electron chi connectivity index (χ1n) is 11.1. The number of thiazole rings is 1. The minimum atomic E-state index is -0.386. The molecule has 2 amide bonds. The van der Waals surface area contributed by atoms with Crippen LogP contribution in [0.3, 0.4) is 0 Å². The average molecular weight is 471 g/mol. The van der Waals surface area contributed by atoms with E-state index in [1.54, 1.807) is 21.7 Å². The molecule has 2 aromatic heterocycles. The largest absolute Gasteiger partial charge is 0.395 e. The van der Waals surface area contributed by atoms with E-state index in [0.717, 1.165) is 18.7 Å². The van der Waals surface area contributed by atoms with Gasteiger partial charge >= 0.3 is 0 Å². The molecule has 176 valence electrons. The number of nitrogens with one attached hydrogen (secondary N) is 1. The number of aromatic nitrogens is 3. The van der Waals surface area contributed by atoms with Gasteiger partial charge in [-0.1, -0.05) is 29.0 Å². The molecule has 4 rings (SSSR count). The van der Waals surface area contributed by atoms with Crippen molar-refractivity contribution in [1.29, 1.82) is 0 Å². The fourth-order valence-corrected chi connectivity index (χ4v) is 4.72. The Morgan fingerprint density at radius 3 is 2.39 bits per heavy atom. The Hall–Kier alpha value is -2.82. The van der Waals surface area contributed by atoms with Crippen LogP contribution < -0.4 is 5.32 Å². The van der Waals surface area contributed by atoms with E-state index in [1.807, 2.05) is 39.8 Å². The van der Waals surface area contributed by atoms with Gasteiger partial charge in [-0.25, -0.2) is 4.68 Å². The molecule has 0 saturated carbocycles. The van der Waals surface area contributed by atoms with Gasteiger partial charge in [0, 0.05) is 38.3 Å². The van der Waals surface area contributed by atoms with Crippen LogP contribution >= 0.6 is 11.3 Å². The highest BCUT2D eigenvalue weighted by molar-refractivity contribution is 7.22. The van der Waals surface area contributed by atoms with Gasteiger partial charge in [0.15, 0.2) is 16.5 Å². The zero-order valence-electron chi connectivity index (χ0n) is 19.5. The molecule has 1 fully saturated rings. The number of aliphatic hydroxyl groups excluding tert-OH is 1. The Morgan fingerprint density at radius 1 is 1.12 bits per heavy atom. The molecule has 0 radical (unpaired) electrons. The Bertz CT molecular complexity index is 1150. The van der Waals surface area contributed by atoms with E-state index in [9.17, 15) is 9.59 Å². The van der Waals surface area contributed by atoms with Gasteiger partial charge in [0.25, 0.3) is 11.8 Å². The Morgan fingerprint density at radius 2 is 1.79 bits per heavy atom. The number of piperazine rings is 1. The number of amides is 2. The summed E-state index contributed by atoms with van der Waals surface area (Å²) in [7, 11) is 0. The van der Waals surface area contributed by atoms with Crippen LogP contribution in [-0.2, 0) is 5.54 Å².